The van der Waals surface area contributed by atoms with Crippen molar-refractivity contribution < 1.29 is 12.8 Å². The van der Waals surface area contributed by atoms with E-state index in [2.05, 4.69) is 10.2 Å². The van der Waals surface area contributed by atoms with Gasteiger partial charge in [0.15, 0.2) is 11.0 Å². The third-order valence-corrected chi connectivity index (χ3v) is 4.85. The van der Waals surface area contributed by atoms with Crippen LogP contribution in [0.5, 0.6) is 0 Å². The minimum Gasteiger partial charge on any atom is -0.305 e. The number of aromatic nitrogens is 3. The van der Waals surface area contributed by atoms with E-state index < -0.39 is 9.84 Å². The molecule has 2 rings (SSSR count). The van der Waals surface area contributed by atoms with Gasteiger partial charge in [-0.2, -0.15) is 0 Å². The fourth-order valence-electron chi connectivity index (χ4n) is 1.58. The molecule has 0 bridgehead atoms. The minimum atomic E-state index is -2.98. The van der Waals surface area contributed by atoms with E-state index in [1.807, 2.05) is 0 Å². The van der Waals surface area contributed by atoms with E-state index in [0.29, 0.717) is 16.7 Å². The van der Waals surface area contributed by atoms with Crippen molar-refractivity contribution >= 4 is 21.6 Å². The molecule has 0 N–H and O–H groups in total. The molecule has 0 aliphatic rings. The molecule has 5 nitrogen and oxygen atoms in total. The first-order valence-corrected chi connectivity index (χ1v) is 8.87. The molecule has 0 spiro atoms. The normalized spacial score (nSPS) is 11.8. The van der Waals surface area contributed by atoms with Crippen molar-refractivity contribution in [1.29, 1.82) is 0 Å². The third kappa shape index (κ3) is 3.80. The van der Waals surface area contributed by atoms with Crippen LogP contribution < -0.4 is 0 Å². The van der Waals surface area contributed by atoms with Crippen LogP contribution in [-0.2, 0) is 16.9 Å². The van der Waals surface area contributed by atoms with Crippen molar-refractivity contribution in [1.82, 2.24) is 14.8 Å². The van der Waals surface area contributed by atoms with E-state index >= 15 is 0 Å². The van der Waals surface area contributed by atoms with E-state index in [4.69, 9.17) is 0 Å². The van der Waals surface area contributed by atoms with E-state index in [9.17, 15) is 12.8 Å². The first kappa shape index (κ1) is 15.0. The zero-order valence-corrected chi connectivity index (χ0v) is 12.7. The Labute approximate surface area is 121 Å². The van der Waals surface area contributed by atoms with Crippen LogP contribution in [0.15, 0.2) is 29.4 Å². The maximum Gasteiger partial charge on any atom is 0.191 e. The van der Waals surface area contributed by atoms with Crippen LogP contribution in [0.4, 0.5) is 4.39 Å². The van der Waals surface area contributed by atoms with Gasteiger partial charge < -0.3 is 4.57 Å². The average molecular weight is 315 g/mol. The Morgan fingerprint density at radius 3 is 2.50 bits per heavy atom. The summed E-state index contributed by atoms with van der Waals surface area (Å²) in [5.74, 6) is 0.829. The lowest BCUT2D eigenvalue weighted by molar-refractivity contribution is 0.603. The summed E-state index contributed by atoms with van der Waals surface area (Å²) in [6.45, 7) is 0. The predicted octanol–water partition coefficient (Wildman–Crippen LogP) is 1.76. The Bertz CT molecular complexity index is 696. The smallest absolute Gasteiger partial charge is 0.191 e. The quantitative estimate of drug-likeness (QED) is 0.787. The Morgan fingerprint density at radius 1 is 1.25 bits per heavy atom. The molecule has 0 fully saturated rings. The standard InChI is InChI=1S/C12H14FN3O2S2/c1-16-11(9-3-5-10(13)6-4-9)14-15-12(16)19-7-8-20(2,17)18/h3-6H,7-8H2,1-2H3. The molecule has 2 aromatic rings. The summed E-state index contributed by atoms with van der Waals surface area (Å²) in [6.07, 6.45) is 1.20. The van der Waals surface area contributed by atoms with E-state index in [1.165, 1.54) is 30.2 Å². The molecule has 0 aliphatic heterocycles. The van der Waals surface area contributed by atoms with Crippen LogP contribution in [0.3, 0.4) is 0 Å². The number of sulfone groups is 1. The van der Waals surface area contributed by atoms with E-state index in [-0.39, 0.29) is 11.6 Å². The van der Waals surface area contributed by atoms with Crippen molar-refractivity contribution in [3.05, 3.63) is 30.1 Å². The third-order valence-electron chi connectivity index (χ3n) is 2.62. The molecule has 108 valence electrons. The van der Waals surface area contributed by atoms with Gasteiger partial charge in [0.2, 0.25) is 0 Å². The zero-order valence-electron chi connectivity index (χ0n) is 11.1. The fourth-order valence-corrected chi connectivity index (χ4v) is 3.68. The van der Waals surface area contributed by atoms with Gasteiger partial charge in [-0.3, -0.25) is 0 Å². The molecule has 0 saturated heterocycles. The molecule has 1 aromatic heterocycles. The number of nitrogens with zero attached hydrogens (tertiary/aromatic N) is 3. The zero-order chi connectivity index (χ0) is 14.8. The number of benzene rings is 1. The molecule has 1 aromatic carbocycles. The number of hydrogen-bond acceptors (Lipinski definition) is 5. The van der Waals surface area contributed by atoms with Gasteiger partial charge in [-0.15, -0.1) is 10.2 Å². The lowest BCUT2D eigenvalue weighted by Gasteiger charge is -2.03. The molecular formula is C12H14FN3O2S2. The van der Waals surface area contributed by atoms with Crippen LogP contribution in [0.2, 0.25) is 0 Å². The molecule has 0 saturated carbocycles. The van der Waals surface area contributed by atoms with Crippen LogP contribution in [0.1, 0.15) is 0 Å². The largest absolute Gasteiger partial charge is 0.305 e. The molecule has 8 heteroatoms. The Morgan fingerprint density at radius 2 is 1.90 bits per heavy atom. The summed E-state index contributed by atoms with van der Waals surface area (Å²) in [4.78, 5) is 0. The van der Waals surface area contributed by atoms with Gasteiger partial charge in [0.1, 0.15) is 15.7 Å². The van der Waals surface area contributed by atoms with Crippen molar-refractivity contribution in [3.8, 4) is 11.4 Å². The SMILES string of the molecule is Cn1c(SCCS(C)(=O)=O)nnc1-c1ccc(F)cc1. The van der Waals surface area contributed by atoms with Crippen LogP contribution in [0.25, 0.3) is 11.4 Å². The van der Waals surface area contributed by atoms with Gasteiger partial charge in [-0.25, -0.2) is 12.8 Å². The highest BCUT2D eigenvalue weighted by Gasteiger charge is 2.12. The second kappa shape index (κ2) is 5.92. The second-order valence-electron chi connectivity index (χ2n) is 4.35. The Kier molecular flexibility index (Phi) is 4.44. The van der Waals surface area contributed by atoms with Crippen molar-refractivity contribution in [2.24, 2.45) is 7.05 Å². The first-order valence-electron chi connectivity index (χ1n) is 5.83. The molecule has 0 amide bonds. The summed E-state index contributed by atoms with van der Waals surface area (Å²) < 4.78 is 36.8. The highest BCUT2D eigenvalue weighted by Crippen LogP contribution is 2.22. The molecule has 1 heterocycles. The van der Waals surface area contributed by atoms with Gasteiger partial charge in [-0.1, -0.05) is 11.8 Å². The van der Waals surface area contributed by atoms with Crippen molar-refractivity contribution in [2.75, 3.05) is 17.8 Å². The monoisotopic (exact) mass is 315 g/mol. The number of rotatable bonds is 5. The highest BCUT2D eigenvalue weighted by molar-refractivity contribution is 8.00. The molecule has 0 unspecified atom stereocenters. The minimum absolute atomic E-state index is 0.0937. The number of halogens is 1. The van der Waals surface area contributed by atoms with Gasteiger partial charge in [0.25, 0.3) is 0 Å². The summed E-state index contributed by atoms with van der Waals surface area (Å²) in [7, 11) is -1.18. The second-order valence-corrected chi connectivity index (χ2v) is 7.67. The molecule has 0 aliphatic carbocycles. The van der Waals surface area contributed by atoms with Crippen LogP contribution in [-0.4, -0.2) is 40.9 Å². The topological polar surface area (TPSA) is 64.8 Å². The lowest BCUT2D eigenvalue weighted by Crippen LogP contribution is -2.05. The molecular weight excluding hydrogens is 301 g/mol. The molecule has 0 radical (unpaired) electrons. The maximum absolute atomic E-state index is 12.9. The lowest BCUT2D eigenvalue weighted by atomic mass is 10.2. The van der Waals surface area contributed by atoms with E-state index in [1.54, 1.807) is 23.7 Å². The summed E-state index contributed by atoms with van der Waals surface area (Å²) in [6, 6.07) is 5.98. The van der Waals surface area contributed by atoms with Crippen molar-refractivity contribution in [3.63, 3.8) is 0 Å². The Hall–Kier alpha value is -1.41. The number of hydrogen-bond donors (Lipinski definition) is 0. The average Bonchev–Trinajstić information content (AvgIpc) is 2.71. The first-order chi connectivity index (χ1) is 9.37. The van der Waals surface area contributed by atoms with Crippen LogP contribution in [0, 0.1) is 5.82 Å². The molecule has 20 heavy (non-hydrogen) atoms. The highest BCUT2D eigenvalue weighted by atomic mass is 32.2. The summed E-state index contributed by atoms with van der Waals surface area (Å²) in [5, 5.41) is 8.70. The summed E-state index contributed by atoms with van der Waals surface area (Å²) in [5.41, 5.74) is 0.761. The predicted molar refractivity (Wildman–Crippen MR) is 76.8 cm³/mol. The van der Waals surface area contributed by atoms with Gasteiger partial charge in [0.05, 0.1) is 5.75 Å². The Balaban J connectivity index is 2.13. The van der Waals surface area contributed by atoms with Crippen LogP contribution >= 0.6 is 11.8 Å². The summed E-state index contributed by atoms with van der Waals surface area (Å²) >= 11 is 1.33. The molecule has 0 atom stereocenters. The van der Waals surface area contributed by atoms with Crippen molar-refractivity contribution in [2.45, 2.75) is 5.16 Å². The van der Waals surface area contributed by atoms with E-state index in [0.717, 1.165) is 5.56 Å². The fraction of sp³-hybridized carbons (Fsp3) is 0.333. The maximum atomic E-state index is 12.9. The van der Waals surface area contributed by atoms with Gasteiger partial charge in [0, 0.05) is 24.6 Å². The number of thioether (sulfide) groups is 1. The van der Waals surface area contributed by atoms with Gasteiger partial charge >= 0.3 is 0 Å². The van der Waals surface area contributed by atoms with Gasteiger partial charge in [-0.05, 0) is 24.3 Å².